The minimum Gasteiger partial charge on any atom is -0.481 e. The van der Waals surface area contributed by atoms with Gasteiger partial charge in [0.05, 0.1) is 5.92 Å². The third kappa shape index (κ3) is 2.04. The second-order valence-electron chi connectivity index (χ2n) is 5.31. The number of carbonyl (C=O) groups is 1. The van der Waals surface area contributed by atoms with E-state index in [2.05, 4.69) is 15.9 Å². The van der Waals surface area contributed by atoms with Crippen LogP contribution < -0.4 is 0 Å². The number of carboxylic acid groups (broad SMARTS) is 1. The maximum atomic E-state index is 12.8. The number of nitrogens with zero attached hydrogens (tertiary/aromatic N) is 1. The SMILES string of the molecule is Cc1cc(Br)c(S(=O)(=O)N2C3CCC2C(C(=O)O)C3)s1. The van der Waals surface area contributed by atoms with Crippen LogP contribution in [0.15, 0.2) is 14.7 Å². The van der Waals surface area contributed by atoms with Crippen LogP contribution in [0.25, 0.3) is 0 Å². The normalized spacial score (nSPS) is 30.0. The first-order valence-electron chi connectivity index (χ1n) is 6.34. The monoisotopic (exact) mass is 379 g/mol. The van der Waals surface area contributed by atoms with Crippen LogP contribution in [0.1, 0.15) is 24.1 Å². The third-order valence-electron chi connectivity index (χ3n) is 4.08. The molecule has 0 saturated carbocycles. The minimum absolute atomic E-state index is 0.166. The standard InChI is InChI=1S/C12H14BrNO4S2/c1-6-4-9(13)12(19-6)20(17,18)14-7-2-3-10(14)8(5-7)11(15)16/h4,7-8,10H,2-3,5H2,1H3,(H,15,16). The maximum Gasteiger partial charge on any atom is 0.308 e. The molecule has 3 rings (SSSR count). The van der Waals surface area contributed by atoms with E-state index in [1.807, 2.05) is 6.92 Å². The summed E-state index contributed by atoms with van der Waals surface area (Å²) in [6, 6.07) is 1.22. The van der Waals surface area contributed by atoms with Gasteiger partial charge in [-0.3, -0.25) is 4.79 Å². The van der Waals surface area contributed by atoms with E-state index in [1.54, 1.807) is 6.07 Å². The highest BCUT2D eigenvalue weighted by atomic mass is 79.9. The van der Waals surface area contributed by atoms with E-state index in [4.69, 9.17) is 0 Å². The highest BCUT2D eigenvalue weighted by Crippen LogP contribution is 2.47. The van der Waals surface area contributed by atoms with Crippen LogP contribution in [0.3, 0.4) is 0 Å². The number of rotatable bonds is 3. The molecule has 0 aromatic carbocycles. The summed E-state index contributed by atoms with van der Waals surface area (Å²) >= 11 is 4.52. The Morgan fingerprint density at radius 1 is 1.50 bits per heavy atom. The molecule has 2 bridgehead atoms. The molecule has 3 atom stereocenters. The second kappa shape index (κ2) is 4.79. The Kier molecular flexibility index (Phi) is 3.47. The summed E-state index contributed by atoms with van der Waals surface area (Å²) in [6.07, 6.45) is 1.83. The largest absolute Gasteiger partial charge is 0.481 e. The van der Waals surface area contributed by atoms with Gasteiger partial charge in [-0.25, -0.2) is 8.42 Å². The highest BCUT2D eigenvalue weighted by Gasteiger charge is 2.54. The van der Waals surface area contributed by atoms with Crippen LogP contribution in [0.5, 0.6) is 0 Å². The smallest absolute Gasteiger partial charge is 0.308 e. The number of sulfonamides is 1. The average Bonchev–Trinajstić information content (AvgIpc) is 3.01. The molecule has 0 aliphatic carbocycles. The van der Waals surface area contributed by atoms with Crippen molar-refractivity contribution in [3.63, 3.8) is 0 Å². The Morgan fingerprint density at radius 3 is 2.70 bits per heavy atom. The fourth-order valence-corrected chi connectivity index (χ4v) is 8.05. The molecule has 0 radical (unpaired) electrons. The minimum atomic E-state index is -3.61. The summed E-state index contributed by atoms with van der Waals surface area (Å²) in [5.41, 5.74) is 0. The molecule has 8 heteroatoms. The molecule has 2 aliphatic rings. The predicted octanol–water partition coefficient (Wildman–Crippen LogP) is 2.45. The first-order valence-corrected chi connectivity index (χ1v) is 9.39. The lowest BCUT2D eigenvalue weighted by Crippen LogP contribution is -2.37. The van der Waals surface area contributed by atoms with Crippen molar-refractivity contribution in [3.8, 4) is 0 Å². The van der Waals surface area contributed by atoms with Crippen molar-refractivity contribution in [1.82, 2.24) is 4.31 Å². The van der Waals surface area contributed by atoms with Crippen LogP contribution >= 0.6 is 27.3 Å². The van der Waals surface area contributed by atoms with Gasteiger partial charge in [-0.05, 0) is 48.2 Å². The number of carboxylic acids is 1. The number of aliphatic carboxylic acids is 1. The van der Waals surface area contributed by atoms with Crippen molar-refractivity contribution in [2.75, 3.05) is 0 Å². The van der Waals surface area contributed by atoms with Gasteiger partial charge in [0.15, 0.2) is 0 Å². The van der Waals surface area contributed by atoms with Crippen molar-refractivity contribution in [2.24, 2.45) is 5.92 Å². The Bertz CT molecular complexity index is 669. The Labute approximate surface area is 129 Å². The molecule has 1 N–H and O–H groups in total. The first kappa shape index (κ1) is 14.5. The zero-order valence-corrected chi connectivity index (χ0v) is 14.0. The molecule has 20 heavy (non-hydrogen) atoms. The zero-order chi connectivity index (χ0) is 14.7. The molecule has 3 unspecified atom stereocenters. The van der Waals surface area contributed by atoms with Crippen molar-refractivity contribution in [3.05, 3.63) is 15.4 Å². The second-order valence-corrected chi connectivity index (χ2v) is 9.46. The van der Waals surface area contributed by atoms with Crippen molar-refractivity contribution < 1.29 is 18.3 Å². The van der Waals surface area contributed by atoms with Crippen molar-refractivity contribution in [1.29, 1.82) is 0 Å². The first-order chi connectivity index (χ1) is 9.32. The summed E-state index contributed by atoms with van der Waals surface area (Å²) in [5.74, 6) is -1.46. The van der Waals surface area contributed by atoms with Crippen LogP contribution in [-0.2, 0) is 14.8 Å². The van der Waals surface area contributed by atoms with Crippen LogP contribution in [0, 0.1) is 12.8 Å². The van der Waals surface area contributed by atoms with Gasteiger partial charge >= 0.3 is 5.97 Å². The van der Waals surface area contributed by atoms with Crippen LogP contribution in [0.2, 0.25) is 0 Å². The van der Waals surface area contributed by atoms with Gasteiger partial charge < -0.3 is 5.11 Å². The summed E-state index contributed by atoms with van der Waals surface area (Å²) in [5, 5.41) is 9.22. The van der Waals surface area contributed by atoms with E-state index >= 15 is 0 Å². The molecular weight excluding hydrogens is 366 g/mol. The van der Waals surface area contributed by atoms with Crippen LogP contribution in [0.4, 0.5) is 0 Å². The molecule has 110 valence electrons. The fourth-order valence-electron chi connectivity index (χ4n) is 3.31. The molecule has 2 aliphatic heterocycles. The van der Waals surface area contributed by atoms with Gasteiger partial charge in [-0.15, -0.1) is 11.3 Å². The zero-order valence-electron chi connectivity index (χ0n) is 10.7. The maximum absolute atomic E-state index is 12.8. The van der Waals surface area contributed by atoms with E-state index < -0.39 is 28.0 Å². The average molecular weight is 380 g/mol. The van der Waals surface area contributed by atoms with Gasteiger partial charge in [0, 0.05) is 21.4 Å². The quantitative estimate of drug-likeness (QED) is 0.874. The van der Waals surface area contributed by atoms with Gasteiger partial charge in [0.2, 0.25) is 0 Å². The summed E-state index contributed by atoms with van der Waals surface area (Å²) < 4.78 is 27.9. The third-order valence-corrected chi connectivity index (χ3v) is 8.77. The lowest BCUT2D eigenvalue weighted by molar-refractivity contribution is -0.142. The molecule has 2 fully saturated rings. The topological polar surface area (TPSA) is 74.7 Å². The lowest BCUT2D eigenvalue weighted by atomic mass is 9.89. The fraction of sp³-hybridized carbons (Fsp3) is 0.583. The van der Waals surface area contributed by atoms with E-state index in [0.29, 0.717) is 17.3 Å². The van der Waals surface area contributed by atoms with Gasteiger partial charge in [-0.2, -0.15) is 4.31 Å². The van der Waals surface area contributed by atoms with Crippen molar-refractivity contribution >= 4 is 43.3 Å². The van der Waals surface area contributed by atoms with Crippen LogP contribution in [-0.4, -0.2) is 35.9 Å². The number of fused-ring (bicyclic) bond motifs is 2. The predicted molar refractivity (Wildman–Crippen MR) is 78.3 cm³/mol. The van der Waals surface area contributed by atoms with E-state index in [0.717, 1.165) is 11.3 Å². The molecule has 1 aromatic heterocycles. The summed E-state index contributed by atoms with van der Waals surface area (Å²) in [6.45, 7) is 1.85. The molecule has 5 nitrogen and oxygen atoms in total. The number of thiophene rings is 1. The number of hydrogen-bond donors (Lipinski definition) is 1. The summed E-state index contributed by atoms with van der Waals surface area (Å²) in [4.78, 5) is 12.2. The van der Waals surface area contributed by atoms with Gasteiger partial charge in [0.1, 0.15) is 4.21 Å². The summed E-state index contributed by atoms with van der Waals surface area (Å²) in [7, 11) is -3.61. The van der Waals surface area contributed by atoms with Gasteiger partial charge in [0.25, 0.3) is 10.0 Å². The molecule has 0 amide bonds. The number of hydrogen-bond acceptors (Lipinski definition) is 4. The molecule has 3 heterocycles. The Morgan fingerprint density at radius 2 is 2.20 bits per heavy atom. The molecule has 0 spiro atoms. The van der Waals surface area contributed by atoms with E-state index in [9.17, 15) is 18.3 Å². The lowest BCUT2D eigenvalue weighted by Gasteiger charge is -2.21. The Hall–Kier alpha value is -0.440. The molecule has 2 saturated heterocycles. The molecule has 1 aromatic rings. The van der Waals surface area contributed by atoms with Crippen molar-refractivity contribution in [2.45, 2.75) is 42.5 Å². The Balaban J connectivity index is 2.01. The van der Waals surface area contributed by atoms with Gasteiger partial charge in [-0.1, -0.05) is 0 Å². The van der Waals surface area contributed by atoms with E-state index in [1.165, 1.54) is 15.6 Å². The highest BCUT2D eigenvalue weighted by molar-refractivity contribution is 9.10. The van der Waals surface area contributed by atoms with E-state index in [-0.39, 0.29) is 10.3 Å². The number of aryl methyl sites for hydroxylation is 1. The number of halogens is 1. The molecular formula is C12H14BrNO4S2.